The van der Waals surface area contributed by atoms with Crippen molar-refractivity contribution in [1.82, 2.24) is 9.78 Å². The van der Waals surface area contributed by atoms with Crippen molar-refractivity contribution in [3.8, 4) is 0 Å². The fourth-order valence-corrected chi connectivity index (χ4v) is 2.55. The molecule has 146 valence electrons. The predicted molar refractivity (Wildman–Crippen MR) is 96.1 cm³/mol. The standard InChI is InChI=1S/C19H16F4N4O/c20-14-6-8-15(9-7-14)24-18(28)17(13-4-2-1-3-5-13)25-16-10-11-27(26-16)12-19(21,22)23/h1-11,17H,12H2,(H,24,28)(H,25,26)/t17-/m1/s1. The van der Waals surface area contributed by atoms with Crippen LogP contribution in [0.2, 0.25) is 0 Å². The Morgan fingerprint density at radius 2 is 1.71 bits per heavy atom. The van der Waals surface area contributed by atoms with Gasteiger partial charge in [-0.25, -0.2) is 4.39 Å². The molecule has 0 aliphatic carbocycles. The van der Waals surface area contributed by atoms with Crippen LogP contribution in [-0.4, -0.2) is 21.9 Å². The maximum absolute atomic E-state index is 13.0. The molecule has 0 spiro atoms. The van der Waals surface area contributed by atoms with Crippen molar-refractivity contribution < 1.29 is 22.4 Å². The van der Waals surface area contributed by atoms with E-state index in [1.54, 1.807) is 30.3 Å². The van der Waals surface area contributed by atoms with Gasteiger partial charge in [0.25, 0.3) is 5.91 Å². The van der Waals surface area contributed by atoms with Crippen molar-refractivity contribution in [2.45, 2.75) is 18.8 Å². The van der Waals surface area contributed by atoms with Gasteiger partial charge in [-0.05, 0) is 29.8 Å². The highest BCUT2D eigenvalue weighted by molar-refractivity contribution is 5.97. The number of nitrogens with zero attached hydrogens (tertiary/aromatic N) is 2. The average Bonchev–Trinajstić information content (AvgIpc) is 3.07. The van der Waals surface area contributed by atoms with Gasteiger partial charge in [0.1, 0.15) is 24.2 Å². The van der Waals surface area contributed by atoms with Crippen LogP contribution in [0.25, 0.3) is 0 Å². The molecule has 0 aliphatic heterocycles. The first-order valence-electron chi connectivity index (χ1n) is 8.28. The summed E-state index contributed by atoms with van der Waals surface area (Å²) in [4.78, 5) is 12.8. The molecule has 0 aliphatic rings. The van der Waals surface area contributed by atoms with Crippen molar-refractivity contribution in [1.29, 1.82) is 0 Å². The second-order valence-electron chi connectivity index (χ2n) is 6.00. The van der Waals surface area contributed by atoms with Crippen LogP contribution >= 0.6 is 0 Å². The van der Waals surface area contributed by atoms with E-state index in [-0.39, 0.29) is 5.82 Å². The molecule has 28 heavy (non-hydrogen) atoms. The summed E-state index contributed by atoms with van der Waals surface area (Å²) >= 11 is 0. The molecule has 3 aromatic rings. The zero-order chi connectivity index (χ0) is 20.1. The van der Waals surface area contributed by atoms with Crippen LogP contribution in [0, 0.1) is 5.82 Å². The number of hydrogen-bond acceptors (Lipinski definition) is 3. The summed E-state index contributed by atoms with van der Waals surface area (Å²) in [5.74, 6) is -0.790. The summed E-state index contributed by atoms with van der Waals surface area (Å²) in [5.41, 5.74) is 0.976. The van der Waals surface area contributed by atoms with E-state index < -0.39 is 30.5 Å². The molecule has 0 saturated heterocycles. The molecular formula is C19H16F4N4O. The lowest BCUT2D eigenvalue weighted by molar-refractivity contribution is -0.142. The first kappa shape index (κ1) is 19.4. The molecule has 2 aromatic carbocycles. The van der Waals surface area contributed by atoms with Crippen molar-refractivity contribution >= 4 is 17.4 Å². The maximum atomic E-state index is 13.0. The van der Waals surface area contributed by atoms with E-state index in [1.807, 2.05) is 0 Å². The van der Waals surface area contributed by atoms with E-state index >= 15 is 0 Å². The van der Waals surface area contributed by atoms with Crippen LogP contribution in [-0.2, 0) is 11.3 Å². The van der Waals surface area contributed by atoms with Crippen LogP contribution in [0.3, 0.4) is 0 Å². The third kappa shape index (κ3) is 5.32. The van der Waals surface area contributed by atoms with Crippen LogP contribution in [0.5, 0.6) is 0 Å². The monoisotopic (exact) mass is 392 g/mol. The normalized spacial score (nSPS) is 12.4. The van der Waals surface area contributed by atoms with Gasteiger partial charge < -0.3 is 10.6 Å². The number of halogens is 4. The quantitative estimate of drug-likeness (QED) is 0.613. The van der Waals surface area contributed by atoms with Crippen LogP contribution in [0.15, 0.2) is 66.9 Å². The summed E-state index contributed by atoms with van der Waals surface area (Å²) in [6.07, 6.45) is -3.22. The largest absolute Gasteiger partial charge is 0.408 e. The van der Waals surface area contributed by atoms with E-state index in [2.05, 4.69) is 15.7 Å². The van der Waals surface area contributed by atoms with Crippen LogP contribution in [0.1, 0.15) is 11.6 Å². The van der Waals surface area contributed by atoms with Gasteiger partial charge in [-0.1, -0.05) is 30.3 Å². The van der Waals surface area contributed by atoms with E-state index in [0.29, 0.717) is 11.3 Å². The first-order valence-corrected chi connectivity index (χ1v) is 8.28. The zero-order valence-corrected chi connectivity index (χ0v) is 14.4. The minimum atomic E-state index is -4.40. The minimum Gasteiger partial charge on any atom is -0.353 e. The Morgan fingerprint density at radius 3 is 2.36 bits per heavy atom. The van der Waals surface area contributed by atoms with E-state index in [1.165, 1.54) is 36.5 Å². The minimum absolute atomic E-state index is 0.118. The molecular weight excluding hydrogens is 376 g/mol. The highest BCUT2D eigenvalue weighted by atomic mass is 19.4. The molecule has 0 fully saturated rings. The van der Waals surface area contributed by atoms with E-state index in [4.69, 9.17) is 0 Å². The van der Waals surface area contributed by atoms with Gasteiger partial charge in [0.15, 0.2) is 0 Å². The summed E-state index contributed by atoms with van der Waals surface area (Å²) in [6, 6.07) is 14.3. The average molecular weight is 392 g/mol. The highest BCUT2D eigenvalue weighted by Crippen LogP contribution is 2.22. The smallest absolute Gasteiger partial charge is 0.353 e. The summed E-state index contributed by atoms with van der Waals surface area (Å²) < 4.78 is 51.3. The van der Waals surface area contributed by atoms with Gasteiger partial charge in [0, 0.05) is 18.0 Å². The molecule has 5 nitrogen and oxygen atoms in total. The Labute approximate surface area is 158 Å². The molecule has 0 saturated carbocycles. The molecule has 0 unspecified atom stereocenters. The Kier molecular flexibility index (Phi) is 5.62. The summed E-state index contributed by atoms with van der Waals surface area (Å²) in [5, 5.41) is 9.32. The Balaban J connectivity index is 1.79. The number of carbonyl (C=O) groups is 1. The zero-order valence-electron chi connectivity index (χ0n) is 14.4. The molecule has 1 heterocycles. The topological polar surface area (TPSA) is 59.0 Å². The van der Waals surface area contributed by atoms with E-state index in [9.17, 15) is 22.4 Å². The Bertz CT molecular complexity index is 923. The summed E-state index contributed by atoms with van der Waals surface area (Å²) in [7, 11) is 0. The second-order valence-corrected chi connectivity index (χ2v) is 6.00. The molecule has 1 aromatic heterocycles. The number of rotatable bonds is 6. The first-order chi connectivity index (χ1) is 13.3. The van der Waals surface area contributed by atoms with Gasteiger partial charge in [-0.2, -0.15) is 18.3 Å². The number of hydrogen-bond donors (Lipinski definition) is 2. The van der Waals surface area contributed by atoms with Crippen LogP contribution in [0.4, 0.5) is 29.1 Å². The third-order valence-corrected chi connectivity index (χ3v) is 3.78. The van der Waals surface area contributed by atoms with Crippen LogP contribution < -0.4 is 10.6 Å². The molecule has 0 radical (unpaired) electrons. The van der Waals surface area contributed by atoms with Crippen molar-refractivity contribution in [2.75, 3.05) is 10.6 Å². The van der Waals surface area contributed by atoms with Gasteiger partial charge in [0.2, 0.25) is 0 Å². The fraction of sp³-hybridized carbons (Fsp3) is 0.158. The molecule has 9 heteroatoms. The molecule has 1 atom stereocenters. The van der Waals surface area contributed by atoms with Gasteiger partial charge in [-0.3, -0.25) is 9.48 Å². The number of amides is 1. The fourth-order valence-electron chi connectivity index (χ4n) is 2.55. The van der Waals surface area contributed by atoms with E-state index in [0.717, 1.165) is 4.68 Å². The van der Waals surface area contributed by atoms with Crippen molar-refractivity contribution in [2.24, 2.45) is 0 Å². The molecule has 1 amide bonds. The number of aromatic nitrogens is 2. The molecule has 2 N–H and O–H groups in total. The lowest BCUT2D eigenvalue weighted by atomic mass is 10.1. The summed E-state index contributed by atoms with van der Waals surface area (Å²) in [6.45, 7) is -1.23. The second kappa shape index (κ2) is 8.12. The number of anilines is 2. The van der Waals surface area contributed by atoms with Crippen molar-refractivity contribution in [3.05, 3.63) is 78.2 Å². The number of carbonyl (C=O) groups excluding carboxylic acids is 1. The lowest BCUT2D eigenvalue weighted by Gasteiger charge is -2.18. The number of alkyl halides is 3. The highest BCUT2D eigenvalue weighted by Gasteiger charge is 2.29. The Hall–Kier alpha value is -3.36. The maximum Gasteiger partial charge on any atom is 0.408 e. The lowest BCUT2D eigenvalue weighted by Crippen LogP contribution is -2.27. The Morgan fingerprint density at radius 1 is 1.04 bits per heavy atom. The SMILES string of the molecule is O=C(Nc1ccc(F)cc1)[C@H](Nc1ccn(CC(F)(F)F)n1)c1ccccc1. The molecule has 3 rings (SSSR count). The number of benzene rings is 2. The third-order valence-electron chi connectivity index (χ3n) is 3.78. The van der Waals surface area contributed by atoms with Gasteiger partial charge >= 0.3 is 6.18 Å². The van der Waals surface area contributed by atoms with Gasteiger partial charge in [-0.15, -0.1) is 0 Å². The number of nitrogens with one attached hydrogen (secondary N) is 2. The van der Waals surface area contributed by atoms with Crippen molar-refractivity contribution in [3.63, 3.8) is 0 Å². The molecule has 0 bridgehead atoms. The van der Waals surface area contributed by atoms with Gasteiger partial charge in [0.05, 0.1) is 0 Å². The predicted octanol–water partition coefficient (Wildman–Crippen LogP) is 4.38.